The van der Waals surface area contributed by atoms with E-state index < -0.39 is 5.82 Å². The van der Waals surface area contributed by atoms with Gasteiger partial charge >= 0.3 is 5.97 Å². The molecule has 2 aliphatic carbocycles. The van der Waals surface area contributed by atoms with Crippen LogP contribution in [-0.4, -0.2) is 5.97 Å². The smallest absolute Gasteiger partial charge is 0.311 e. The second-order valence-corrected chi connectivity index (χ2v) is 10.1. The first-order chi connectivity index (χ1) is 14.5. The summed E-state index contributed by atoms with van der Waals surface area (Å²) in [5.41, 5.74) is 0. The van der Waals surface area contributed by atoms with Gasteiger partial charge in [-0.3, -0.25) is 4.79 Å². The third-order valence-electron chi connectivity index (χ3n) is 7.48. The molecule has 0 N–H and O–H groups in total. The number of hydrogen-bond donors (Lipinski definition) is 0. The van der Waals surface area contributed by atoms with Gasteiger partial charge in [0.2, 0.25) is 0 Å². The molecule has 0 spiro atoms. The second-order valence-electron chi connectivity index (χ2n) is 9.66. The normalized spacial score (nSPS) is 27.0. The van der Waals surface area contributed by atoms with Crippen LogP contribution in [0.3, 0.4) is 0 Å². The molecule has 2 aliphatic rings. The highest BCUT2D eigenvalue weighted by Gasteiger charge is 2.31. The first kappa shape index (κ1) is 23.6. The van der Waals surface area contributed by atoms with Crippen molar-refractivity contribution in [2.24, 2.45) is 23.7 Å². The zero-order valence-corrected chi connectivity index (χ0v) is 19.3. The van der Waals surface area contributed by atoms with Crippen molar-refractivity contribution in [1.82, 2.24) is 0 Å². The Kier molecular flexibility index (Phi) is 9.49. The van der Waals surface area contributed by atoms with E-state index >= 15 is 0 Å². The van der Waals surface area contributed by atoms with Crippen LogP contribution < -0.4 is 4.74 Å². The van der Waals surface area contributed by atoms with Crippen LogP contribution in [-0.2, 0) is 4.79 Å². The molecule has 2 atom stereocenters. The van der Waals surface area contributed by atoms with Crippen LogP contribution in [0.4, 0.5) is 4.39 Å². The Morgan fingerprint density at radius 1 is 1.03 bits per heavy atom. The number of carbonyl (C=O) groups is 1. The van der Waals surface area contributed by atoms with Crippen LogP contribution in [0.1, 0.15) is 96.8 Å². The predicted octanol–water partition coefficient (Wildman–Crippen LogP) is 8.36. The number of halogens is 2. The summed E-state index contributed by atoms with van der Waals surface area (Å²) in [6.45, 7) is 2.29. The van der Waals surface area contributed by atoms with Gasteiger partial charge in [-0.05, 0) is 61.5 Å². The minimum Gasteiger partial charge on any atom is -0.426 e. The van der Waals surface area contributed by atoms with Crippen LogP contribution in [0.15, 0.2) is 18.2 Å². The first-order valence-corrected chi connectivity index (χ1v) is 12.6. The summed E-state index contributed by atoms with van der Waals surface area (Å²) in [5.74, 6) is 2.75. The minimum atomic E-state index is -0.558. The molecule has 0 saturated heterocycles. The van der Waals surface area contributed by atoms with E-state index in [9.17, 15) is 9.18 Å². The van der Waals surface area contributed by atoms with Crippen molar-refractivity contribution in [3.63, 3.8) is 0 Å². The molecule has 4 heteroatoms. The van der Waals surface area contributed by atoms with E-state index in [0.29, 0.717) is 12.3 Å². The Hall–Kier alpha value is -1.09. The van der Waals surface area contributed by atoms with Crippen LogP contribution in [0.2, 0.25) is 5.02 Å². The van der Waals surface area contributed by atoms with Crippen molar-refractivity contribution < 1.29 is 13.9 Å². The zero-order valence-electron chi connectivity index (χ0n) is 18.5. The predicted molar refractivity (Wildman–Crippen MR) is 121 cm³/mol. The van der Waals surface area contributed by atoms with E-state index in [4.69, 9.17) is 16.3 Å². The van der Waals surface area contributed by atoms with E-state index in [1.54, 1.807) is 6.07 Å². The van der Waals surface area contributed by atoms with Gasteiger partial charge in [-0.15, -0.1) is 0 Å². The monoisotopic (exact) mass is 436 g/mol. The minimum absolute atomic E-state index is 0.0399. The Bertz CT molecular complexity index is 669. The van der Waals surface area contributed by atoms with Crippen LogP contribution >= 0.6 is 11.6 Å². The van der Waals surface area contributed by atoms with Gasteiger partial charge in [0.25, 0.3) is 0 Å². The number of carbonyl (C=O) groups excluding carboxylic acids is 1. The number of benzene rings is 1. The molecule has 0 heterocycles. The van der Waals surface area contributed by atoms with Crippen molar-refractivity contribution in [3.8, 4) is 5.75 Å². The van der Waals surface area contributed by atoms with E-state index in [0.717, 1.165) is 24.2 Å². The summed E-state index contributed by atoms with van der Waals surface area (Å²) in [7, 11) is 0. The number of ether oxygens (including phenoxy) is 1. The molecule has 1 unspecified atom stereocenters. The third kappa shape index (κ3) is 7.25. The molecule has 2 saturated carbocycles. The van der Waals surface area contributed by atoms with Gasteiger partial charge in [0.05, 0.1) is 5.02 Å². The fourth-order valence-corrected chi connectivity index (χ4v) is 5.82. The van der Waals surface area contributed by atoms with E-state index in [2.05, 4.69) is 6.92 Å². The Labute approximate surface area is 186 Å². The standard InChI is InChI=1S/C26H38ClFO2/c1-2-3-4-6-19-9-12-21(13-10-19)22-8-5-7-20(17-22)11-16-26(29)30-23-14-15-24(27)25(28)18-23/h14-15,18-22H,2-13,16-17H2,1H3/t19?,20?,21?,22-/m0/s1. The van der Waals surface area contributed by atoms with Crippen molar-refractivity contribution in [1.29, 1.82) is 0 Å². The maximum Gasteiger partial charge on any atom is 0.311 e. The largest absolute Gasteiger partial charge is 0.426 e. The highest BCUT2D eigenvalue weighted by Crippen LogP contribution is 2.43. The molecule has 1 aromatic carbocycles. The lowest BCUT2D eigenvalue weighted by molar-refractivity contribution is -0.134. The Balaban J connectivity index is 1.37. The van der Waals surface area contributed by atoms with Gasteiger partial charge in [-0.2, -0.15) is 0 Å². The number of esters is 1. The number of rotatable bonds is 9. The molecular weight excluding hydrogens is 399 g/mol. The molecule has 0 aliphatic heterocycles. The summed E-state index contributed by atoms with van der Waals surface area (Å²) in [6, 6.07) is 4.14. The lowest BCUT2D eigenvalue weighted by atomic mass is 9.67. The van der Waals surface area contributed by atoms with Crippen LogP contribution in [0.5, 0.6) is 5.75 Å². The zero-order chi connectivity index (χ0) is 21.3. The molecule has 0 amide bonds. The first-order valence-electron chi connectivity index (χ1n) is 12.2. The van der Waals surface area contributed by atoms with E-state index in [1.807, 2.05) is 0 Å². The third-order valence-corrected chi connectivity index (χ3v) is 7.78. The summed E-state index contributed by atoms with van der Waals surface area (Å²) in [6.07, 6.45) is 17.7. The molecule has 3 rings (SSSR count). The topological polar surface area (TPSA) is 26.3 Å². The van der Waals surface area contributed by atoms with Crippen LogP contribution in [0, 0.1) is 29.5 Å². The fourth-order valence-electron chi connectivity index (χ4n) is 5.70. The molecular formula is C26H38ClFO2. The molecule has 1 aromatic rings. The van der Waals surface area contributed by atoms with Crippen molar-refractivity contribution in [2.75, 3.05) is 0 Å². The van der Waals surface area contributed by atoms with Crippen molar-refractivity contribution in [3.05, 3.63) is 29.0 Å². The maximum atomic E-state index is 13.5. The molecule has 0 aromatic heterocycles. The van der Waals surface area contributed by atoms with E-state index in [1.165, 1.54) is 89.2 Å². The highest BCUT2D eigenvalue weighted by atomic mass is 35.5. The van der Waals surface area contributed by atoms with Gasteiger partial charge in [-0.1, -0.05) is 76.3 Å². The number of hydrogen-bond acceptors (Lipinski definition) is 2. The SMILES string of the molecule is CCCCCC1CCC([C@H]2CCCC(CCC(=O)Oc3ccc(Cl)c(F)c3)C2)CC1. The summed E-state index contributed by atoms with van der Waals surface area (Å²) in [4.78, 5) is 12.2. The van der Waals surface area contributed by atoms with Crippen molar-refractivity contribution >= 4 is 17.6 Å². The Morgan fingerprint density at radius 3 is 2.57 bits per heavy atom. The maximum absolute atomic E-state index is 13.5. The van der Waals surface area contributed by atoms with Crippen molar-refractivity contribution in [2.45, 2.75) is 96.8 Å². The molecule has 2 nitrogen and oxygen atoms in total. The molecule has 168 valence electrons. The van der Waals surface area contributed by atoms with Gasteiger partial charge in [0.1, 0.15) is 11.6 Å². The molecule has 2 fully saturated rings. The summed E-state index contributed by atoms with van der Waals surface area (Å²) >= 11 is 5.68. The van der Waals surface area contributed by atoms with Gasteiger partial charge < -0.3 is 4.74 Å². The lowest BCUT2D eigenvalue weighted by Gasteiger charge is -2.38. The van der Waals surface area contributed by atoms with Gasteiger partial charge in [0, 0.05) is 12.5 Å². The average Bonchev–Trinajstić information content (AvgIpc) is 2.76. The molecule has 0 radical (unpaired) electrons. The second kappa shape index (κ2) is 12.1. The summed E-state index contributed by atoms with van der Waals surface area (Å²) < 4.78 is 18.8. The molecule has 30 heavy (non-hydrogen) atoms. The number of unbranched alkanes of at least 4 members (excludes halogenated alkanes) is 2. The average molecular weight is 437 g/mol. The molecule has 0 bridgehead atoms. The summed E-state index contributed by atoms with van der Waals surface area (Å²) in [5, 5.41) is 0.0399. The van der Waals surface area contributed by atoms with E-state index in [-0.39, 0.29) is 16.7 Å². The van der Waals surface area contributed by atoms with Crippen LogP contribution in [0.25, 0.3) is 0 Å². The highest BCUT2D eigenvalue weighted by molar-refractivity contribution is 6.30. The Morgan fingerprint density at radius 2 is 1.83 bits per heavy atom. The van der Waals surface area contributed by atoms with Gasteiger partial charge in [-0.25, -0.2) is 4.39 Å². The quantitative estimate of drug-likeness (QED) is 0.221. The fraction of sp³-hybridized carbons (Fsp3) is 0.731. The van der Waals surface area contributed by atoms with Gasteiger partial charge in [0.15, 0.2) is 0 Å². The lowest BCUT2D eigenvalue weighted by Crippen LogP contribution is -2.27.